The lowest BCUT2D eigenvalue weighted by atomic mass is 10.1. The highest BCUT2D eigenvalue weighted by molar-refractivity contribution is 7.89. The van der Waals surface area contributed by atoms with Crippen LogP contribution in [0.1, 0.15) is 19.4 Å². The Labute approximate surface area is 189 Å². The van der Waals surface area contributed by atoms with Crippen LogP contribution in [0.2, 0.25) is 0 Å². The molecule has 0 radical (unpaired) electrons. The van der Waals surface area contributed by atoms with Crippen LogP contribution in [0.15, 0.2) is 59.5 Å². The summed E-state index contributed by atoms with van der Waals surface area (Å²) in [6.45, 7) is 5.82. The van der Waals surface area contributed by atoms with Crippen LogP contribution >= 0.6 is 0 Å². The van der Waals surface area contributed by atoms with Gasteiger partial charge in [0.15, 0.2) is 0 Å². The minimum Gasteiger partial charge on any atom is -0.339 e. The summed E-state index contributed by atoms with van der Waals surface area (Å²) in [6.07, 6.45) is 0.837. The fourth-order valence-corrected chi connectivity index (χ4v) is 4.91. The molecule has 1 fully saturated rings. The highest BCUT2D eigenvalue weighted by atomic mass is 32.2. The molecule has 1 atom stereocenters. The molecule has 0 aliphatic carbocycles. The Hall–Kier alpha value is -2.75. The lowest BCUT2D eigenvalue weighted by Crippen LogP contribution is -2.54. The zero-order valence-corrected chi connectivity index (χ0v) is 19.3. The topological polar surface area (TPSA) is 98.8 Å². The molecule has 2 aromatic carbocycles. The Kier molecular flexibility index (Phi) is 8.00. The second kappa shape index (κ2) is 10.7. The number of hydrogen-bond acceptors (Lipinski definition) is 5. The lowest BCUT2D eigenvalue weighted by molar-refractivity contribution is -0.134. The van der Waals surface area contributed by atoms with Gasteiger partial charge in [0.1, 0.15) is 0 Å². The number of sulfonamides is 1. The highest BCUT2D eigenvalue weighted by Crippen LogP contribution is 2.15. The van der Waals surface area contributed by atoms with Crippen molar-refractivity contribution in [1.82, 2.24) is 14.5 Å². The standard InChI is InChI=1S/C23H30N4O4S/c1-3-19-9-7-8-12-21(19)24-22(28)17-26-13-15-27(16-14-26)23(29)18(2)25-32(30,31)20-10-5-4-6-11-20/h4-12,18,25H,3,13-17H2,1-2H3,(H,24,28)/t18-/m0/s1. The van der Waals surface area contributed by atoms with Crippen molar-refractivity contribution in [3.05, 3.63) is 60.2 Å². The molecule has 1 saturated heterocycles. The molecule has 2 N–H and O–H groups in total. The van der Waals surface area contributed by atoms with Gasteiger partial charge in [-0.2, -0.15) is 4.72 Å². The predicted molar refractivity (Wildman–Crippen MR) is 124 cm³/mol. The first-order chi connectivity index (χ1) is 15.3. The molecule has 32 heavy (non-hydrogen) atoms. The molecular formula is C23H30N4O4S. The van der Waals surface area contributed by atoms with Crippen molar-refractivity contribution in [3.8, 4) is 0 Å². The third kappa shape index (κ3) is 6.15. The molecule has 0 saturated carbocycles. The van der Waals surface area contributed by atoms with Gasteiger partial charge < -0.3 is 10.2 Å². The molecule has 1 heterocycles. The van der Waals surface area contributed by atoms with Gasteiger partial charge in [-0.15, -0.1) is 0 Å². The summed E-state index contributed by atoms with van der Waals surface area (Å²) in [6, 6.07) is 14.8. The van der Waals surface area contributed by atoms with Crippen LogP contribution in [0.3, 0.4) is 0 Å². The van der Waals surface area contributed by atoms with Crippen LogP contribution in [-0.2, 0) is 26.0 Å². The Bertz CT molecular complexity index is 1030. The number of nitrogens with one attached hydrogen (secondary N) is 2. The largest absolute Gasteiger partial charge is 0.339 e. The van der Waals surface area contributed by atoms with Crippen molar-refractivity contribution in [2.24, 2.45) is 0 Å². The van der Waals surface area contributed by atoms with E-state index in [4.69, 9.17) is 0 Å². The summed E-state index contributed by atoms with van der Waals surface area (Å²) in [5.74, 6) is -0.361. The molecule has 3 rings (SSSR count). The SMILES string of the molecule is CCc1ccccc1NC(=O)CN1CCN(C(=O)[C@H](C)NS(=O)(=O)c2ccccc2)CC1. The average Bonchev–Trinajstić information content (AvgIpc) is 2.79. The maximum atomic E-state index is 12.7. The van der Waals surface area contributed by atoms with Crippen molar-refractivity contribution >= 4 is 27.5 Å². The van der Waals surface area contributed by atoms with Crippen LogP contribution in [-0.4, -0.2) is 68.8 Å². The van der Waals surface area contributed by atoms with E-state index in [1.54, 1.807) is 30.0 Å². The first kappa shape index (κ1) is 23.9. The Morgan fingerprint density at radius 3 is 2.25 bits per heavy atom. The second-order valence-corrected chi connectivity index (χ2v) is 9.53. The molecule has 2 aromatic rings. The third-order valence-corrected chi connectivity index (χ3v) is 7.04. The zero-order chi connectivity index (χ0) is 23.1. The van der Waals surface area contributed by atoms with Gasteiger partial charge >= 0.3 is 0 Å². The van der Waals surface area contributed by atoms with Crippen molar-refractivity contribution in [2.45, 2.75) is 31.2 Å². The molecule has 0 spiro atoms. The van der Waals surface area contributed by atoms with Gasteiger partial charge in [0.05, 0.1) is 17.5 Å². The van der Waals surface area contributed by atoms with Crippen LogP contribution in [0.25, 0.3) is 0 Å². The van der Waals surface area contributed by atoms with Crippen molar-refractivity contribution in [2.75, 3.05) is 38.0 Å². The third-order valence-electron chi connectivity index (χ3n) is 5.48. The smallest absolute Gasteiger partial charge is 0.241 e. The molecule has 0 unspecified atom stereocenters. The number of piperazine rings is 1. The predicted octanol–water partition coefficient (Wildman–Crippen LogP) is 1.70. The molecule has 2 amide bonds. The van der Waals surface area contributed by atoms with Gasteiger partial charge in [0.2, 0.25) is 21.8 Å². The Balaban J connectivity index is 1.48. The number of benzene rings is 2. The van der Waals surface area contributed by atoms with Crippen LogP contribution in [0.5, 0.6) is 0 Å². The number of aryl methyl sites for hydroxylation is 1. The molecule has 8 nitrogen and oxygen atoms in total. The summed E-state index contributed by atoms with van der Waals surface area (Å²) < 4.78 is 27.4. The Morgan fingerprint density at radius 1 is 0.969 bits per heavy atom. The molecular weight excluding hydrogens is 428 g/mol. The van der Waals surface area contributed by atoms with Gasteiger partial charge in [-0.05, 0) is 37.1 Å². The van der Waals surface area contributed by atoms with Crippen molar-refractivity contribution in [3.63, 3.8) is 0 Å². The number of carbonyl (C=O) groups excluding carboxylic acids is 2. The van der Waals surface area contributed by atoms with Crippen molar-refractivity contribution < 1.29 is 18.0 Å². The van der Waals surface area contributed by atoms with E-state index in [2.05, 4.69) is 10.0 Å². The second-order valence-electron chi connectivity index (χ2n) is 7.82. The van der Waals surface area contributed by atoms with E-state index < -0.39 is 16.1 Å². The lowest BCUT2D eigenvalue weighted by Gasteiger charge is -2.35. The number of nitrogens with zero attached hydrogens (tertiary/aromatic N) is 2. The summed E-state index contributed by atoms with van der Waals surface area (Å²) >= 11 is 0. The summed E-state index contributed by atoms with van der Waals surface area (Å²) in [5, 5.41) is 2.96. The van der Waals surface area contributed by atoms with Crippen molar-refractivity contribution in [1.29, 1.82) is 0 Å². The molecule has 172 valence electrons. The van der Waals surface area contributed by atoms with Crippen LogP contribution in [0.4, 0.5) is 5.69 Å². The molecule has 0 bridgehead atoms. The monoisotopic (exact) mass is 458 g/mol. The van der Waals surface area contributed by atoms with Gasteiger partial charge in [0.25, 0.3) is 0 Å². The van der Waals surface area contributed by atoms with E-state index in [9.17, 15) is 18.0 Å². The van der Waals surface area contributed by atoms with E-state index in [0.29, 0.717) is 26.2 Å². The molecule has 0 aromatic heterocycles. The van der Waals surface area contributed by atoms with Gasteiger partial charge in [-0.1, -0.05) is 43.3 Å². The first-order valence-electron chi connectivity index (χ1n) is 10.8. The quantitative estimate of drug-likeness (QED) is 0.627. The number of anilines is 1. The summed E-state index contributed by atoms with van der Waals surface area (Å²) in [7, 11) is -3.77. The molecule has 1 aliphatic rings. The summed E-state index contributed by atoms with van der Waals surface area (Å²) in [5.41, 5.74) is 1.91. The minimum atomic E-state index is -3.77. The van der Waals surface area contributed by atoms with E-state index >= 15 is 0 Å². The number of para-hydroxylation sites is 1. The number of rotatable bonds is 8. The van der Waals surface area contributed by atoms with Crippen LogP contribution < -0.4 is 10.0 Å². The van der Waals surface area contributed by atoms with E-state index in [1.165, 1.54) is 12.1 Å². The van der Waals surface area contributed by atoms with E-state index in [1.807, 2.05) is 36.1 Å². The fraction of sp³-hybridized carbons (Fsp3) is 0.391. The minimum absolute atomic E-state index is 0.0883. The van der Waals surface area contributed by atoms with E-state index in [-0.39, 0.29) is 23.3 Å². The fourth-order valence-electron chi connectivity index (χ4n) is 3.69. The molecule has 1 aliphatic heterocycles. The van der Waals surface area contributed by atoms with Gasteiger partial charge in [-0.25, -0.2) is 8.42 Å². The number of hydrogen-bond donors (Lipinski definition) is 2. The van der Waals surface area contributed by atoms with Gasteiger partial charge in [-0.3, -0.25) is 14.5 Å². The average molecular weight is 459 g/mol. The normalized spacial score (nSPS) is 15.9. The highest BCUT2D eigenvalue weighted by Gasteiger charge is 2.28. The molecule has 9 heteroatoms. The Morgan fingerprint density at radius 2 is 1.59 bits per heavy atom. The zero-order valence-electron chi connectivity index (χ0n) is 18.5. The maximum Gasteiger partial charge on any atom is 0.241 e. The summed E-state index contributed by atoms with van der Waals surface area (Å²) in [4.78, 5) is 29.0. The van der Waals surface area contributed by atoms with E-state index in [0.717, 1.165) is 17.7 Å². The number of carbonyl (C=O) groups is 2. The maximum absolute atomic E-state index is 12.7. The first-order valence-corrected chi connectivity index (χ1v) is 12.2. The van der Waals surface area contributed by atoms with Gasteiger partial charge in [0, 0.05) is 31.9 Å². The number of amides is 2. The van der Waals surface area contributed by atoms with Crippen LogP contribution in [0, 0.1) is 0 Å².